The maximum atomic E-state index is 2.70. The van der Waals surface area contributed by atoms with E-state index in [0.717, 1.165) is 0 Å². The molecule has 1 aliphatic rings. The Labute approximate surface area is 260 Å². The quantitative estimate of drug-likeness (QED) is 0.0719. The predicted molar refractivity (Wildman–Crippen MR) is 186 cm³/mol. The van der Waals surface area contributed by atoms with Crippen LogP contribution in [0, 0.1) is 0 Å². The van der Waals surface area contributed by atoms with Crippen LogP contribution in [0.2, 0.25) is 0 Å². The third-order valence-electron chi connectivity index (χ3n) is 9.57. The third kappa shape index (κ3) is 23.5. The van der Waals surface area contributed by atoms with Crippen molar-refractivity contribution >= 4 is 0 Å². The lowest BCUT2D eigenvalue weighted by atomic mass is 10.0. The van der Waals surface area contributed by atoms with Gasteiger partial charge in [0.25, 0.3) is 0 Å². The average molecular weight is 575 g/mol. The zero-order valence-electron chi connectivity index (χ0n) is 29.0. The van der Waals surface area contributed by atoms with Gasteiger partial charge in [-0.3, -0.25) is 0 Å². The maximum absolute atomic E-state index is 2.70. The Morgan fingerprint density at radius 3 is 0.878 bits per heavy atom. The molecule has 1 atom stereocenters. The van der Waals surface area contributed by atoms with Gasteiger partial charge in [-0.1, -0.05) is 194 Å². The van der Waals surface area contributed by atoms with Crippen molar-refractivity contribution in [3.8, 4) is 0 Å². The van der Waals surface area contributed by atoms with Gasteiger partial charge in [0.15, 0.2) is 0 Å². The van der Waals surface area contributed by atoms with Gasteiger partial charge in [0.1, 0.15) is 6.17 Å². The minimum Gasteiger partial charge on any atom is -0.356 e. The van der Waals surface area contributed by atoms with Gasteiger partial charge in [-0.05, 0) is 25.7 Å². The van der Waals surface area contributed by atoms with Crippen LogP contribution in [0.4, 0.5) is 0 Å². The van der Waals surface area contributed by atoms with E-state index < -0.39 is 0 Å². The topological polar surface area (TPSA) is 6.48 Å². The number of rotatable bonds is 33. The molecule has 0 N–H and O–H groups in total. The Morgan fingerprint density at radius 2 is 0.561 bits per heavy atom. The van der Waals surface area contributed by atoms with Gasteiger partial charge in [0.05, 0.1) is 0 Å². The third-order valence-corrected chi connectivity index (χ3v) is 9.57. The molecule has 0 aromatic carbocycles. The van der Waals surface area contributed by atoms with E-state index in [1.165, 1.54) is 212 Å². The molecule has 0 amide bonds. The Morgan fingerprint density at radius 1 is 0.317 bits per heavy atom. The monoisotopic (exact) mass is 575 g/mol. The summed E-state index contributed by atoms with van der Waals surface area (Å²) in [6, 6.07) is 0. The van der Waals surface area contributed by atoms with Gasteiger partial charge >= 0.3 is 0 Å². The summed E-state index contributed by atoms with van der Waals surface area (Å²) in [7, 11) is 0. The predicted octanol–water partition coefficient (Wildman–Crippen LogP) is 13.6. The van der Waals surface area contributed by atoms with E-state index in [1.807, 2.05) is 0 Å². The molecule has 0 saturated heterocycles. The molecule has 2 nitrogen and oxygen atoms in total. The standard InChI is InChI=1S/C39H78N2/c1-4-7-10-13-15-17-18-19-20-21-22-23-24-25-27-29-31-34-39-40(35-32-12-9-6-3)37-38-41(39)36-33-30-28-26-16-14-11-8-5-2/h37-39H,4-36H2,1-3H3. The highest BCUT2D eigenvalue weighted by Gasteiger charge is 2.24. The van der Waals surface area contributed by atoms with Crippen LogP contribution < -0.4 is 0 Å². The van der Waals surface area contributed by atoms with E-state index in [-0.39, 0.29) is 0 Å². The molecule has 1 heterocycles. The molecule has 1 aliphatic heterocycles. The van der Waals surface area contributed by atoms with Crippen molar-refractivity contribution < 1.29 is 0 Å². The molecule has 0 saturated carbocycles. The number of nitrogens with zero attached hydrogens (tertiary/aromatic N) is 2. The molecular formula is C39H78N2. The molecule has 244 valence electrons. The molecule has 0 aromatic heterocycles. The van der Waals surface area contributed by atoms with Crippen LogP contribution in [-0.4, -0.2) is 29.1 Å². The van der Waals surface area contributed by atoms with Crippen molar-refractivity contribution in [3.05, 3.63) is 12.4 Å². The normalized spacial score (nSPS) is 15.0. The number of hydrogen-bond acceptors (Lipinski definition) is 2. The van der Waals surface area contributed by atoms with Crippen LogP contribution in [0.25, 0.3) is 0 Å². The van der Waals surface area contributed by atoms with Gasteiger partial charge in [-0.25, -0.2) is 0 Å². The highest BCUT2D eigenvalue weighted by Crippen LogP contribution is 2.24. The summed E-state index contributed by atoms with van der Waals surface area (Å²) < 4.78 is 0. The second-order valence-corrected chi connectivity index (χ2v) is 13.6. The molecule has 0 bridgehead atoms. The number of hydrogen-bond donors (Lipinski definition) is 0. The lowest BCUT2D eigenvalue weighted by Gasteiger charge is -2.33. The molecule has 0 fully saturated rings. The van der Waals surface area contributed by atoms with Gasteiger partial charge in [0, 0.05) is 25.5 Å². The second-order valence-electron chi connectivity index (χ2n) is 13.6. The Hall–Kier alpha value is -0.660. The summed E-state index contributed by atoms with van der Waals surface area (Å²) in [5, 5.41) is 0. The number of unbranched alkanes of at least 4 members (excludes halogenated alkanes) is 27. The van der Waals surface area contributed by atoms with Gasteiger partial charge < -0.3 is 9.80 Å². The smallest absolute Gasteiger partial charge is 0.101 e. The molecule has 0 radical (unpaired) electrons. The maximum Gasteiger partial charge on any atom is 0.101 e. The van der Waals surface area contributed by atoms with Crippen LogP contribution in [0.15, 0.2) is 12.4 Å². The van der Waals surface area contributed by atoms with E-state index >= 15 is 0 Å². The van der Waals surface area contributed by atoms with Crippen molar-refractivity contribution in [2.75, 3.05) is 13.1 Å². The summed E-state index contributed by atoms with van der Waals surface area (Å²) >= 11 is 0. The summed E-state index contributed by atoms with van der Waals surface area (Å²) in [4.78, 5) is 5.39. The summed E-state index contributed by atoms with van der Waals surface area (Å²) in [6.07, 6.45) is 50.0. The SMILES string of the molecule is CCCCCCCCCCCCCCCCCCCC1N(CCCCCC)C=CN1CCCCCCCCCCC. The highest BCUT2D eigenvalue weighted by atomic mass is 15.4. The van der Waals surface area contributed by atoms with Crippen LogP contribution in [0.5, 0.6) is 0 Å². The van der Waals surface area contributed by atoms with E-state index in [1.54, 1.807) is 0 Å². The van der Waals surface area contributed by atoms with E-state index in [9.17, 15) is 0 Å². The van der Waals surface area contributed by atoms with E-state index in [4.69, 9.17) is 0 Å². The zero-order chi connectivity index (χ0) is 29.5. The summed E-state index contributed by atoms with van der Waals surface area (Å²) in [5.74, 6) is 0. The van der Waals surface area contributed by atoms with E-state index in [0.29, 0.717) is 6.17 Å². The fraction of sp³-hybridized carbons (Fsp3) is 0.949. The molecule has 0 aromatic rings. The first-order valence-corrected chi connectivity index (χ1v) is 19.5. The largest absolute Gasteiger partial charge is 0.356 e. The summed E-state index contributed by atoms with van der Waals surface area (Å²) in [6.45, 7) is 9.47. The van der Waals surface area contributed by atoms with Gasteiger partial charge in [-0.2, -0.15) is 0 Å². The Bertz CT molecular complexity index is 530. The first-order valence-electron chi connectivity index (χ1n) is 19.5. The van der Waals surface area contributed by atoms with Crippen LogP contribution in [0.3, 0.4) is 0 Å². The van der Waals surface area contributed by atoms with Crippen LogP contribution in [0.1, 0.15) is 220 Å². The van der Waals surface area contributed by atoms with Crippen molar-refractivity contribution in [2.45, 2.75) is 226 Å². The van der Waals surface area contributed by atoms with Crippen molar-refractivity contribution in [3.63, 3.8) is 0 Å². The Kier molecular flexibility index (Phi) is 28.8. The molecule has 41 heavy (non-hydrogen) atoms. The minimum absolute atomic E-state index is 0.641. The molecule has 1 unspecified atom stereocenters. The van der Waals surface area contributed by atoms with Crippen molar-refractivity contribution in [1.82, 2.24) is 9.80 Å². The zero-order valence-corrected chi connectivity index (χ0v) is 29.0. The highest BCUT2D eigenvalue weighted by molar-refractivity contribution is 4.97. The van der Waals surface area contributed by atoms with Crippen LogP contribution in [-0.2, 0) is 0 Å². The molecular weight excluding hydrogens is 496 g/mol. The fourth-order valence-corrected chi connectivity index (χ4v) is 6.72. The van der Waals surface area contributed by atoms with Crippen molar-refractivity contribution in [1.29, 1.82) is 0 Å². The Balaban J connectivity index is 2.08. The second kappa shape index (κ2) is 30.8. The lowest BCUT2D eigenvalue weighted by molar-refractivity contribution is 0.135. The van der Waals surface area contributed by atoms with E-state index in [2.05, 4.69) is 43.0 Å². The minimum atomic E-state index is 0.641. The van der Waals surface area contributed by atoms with Gasteiger partial charge in [-0.15, -0.1) is 0 Å². The molecule has 1 rings (SSSR count). The van der Waals surface area contributed by atoms with Crippen LogP contribution >= 0.6 is 0 Å². The molecule has 0 aliphatic carbocycles. The van der Waals surface area contributed by atoms with Gasteiger partial charge in [0.2, 0.25) is 0 Å². The summed E-state index contributed by atoms with van der Waals surface area (Å²) in [5.41, 5.74) is 0. The van der Waals surface area contributed by atoms with Crippen molar-refractivity contribution in [2.24, 2.45) is 0 Å². The fourth-order valence-electron chi connectivity index (χ4n) is 6.72. The first-order chi connectivity index (χ1) is 20.3. The first kappa shape index (κ1) is 38.4. The lowest BCUT2D eigenvalue weighted by Crippen LogP contribution is -2.39. The molecule has 2 heteroatoms. The average Bonchev–Trinajstić information content (AvgIpc) is 3.37. The molecule has 0 spiro atoms.